The molecule has 3 heteroatoms. The van der Waals surface area contributed by atoms with Crippen molar-refractivity contribution in [2.75, 3.05) is 11.4 Å². The van der Waals surface area contributed by atoms with Crippen LogP contribution in [0.4, 0.5) is 5.69 Å². The average Bonchev–Trinajstić information content (AvgIpc) is 2.84. The minimum absolute atomic E-state index is 0.0461. The summed E-state index contributed by atoms with van der Waals surface area (Å²) in [4.78, 5) is 14.2. The zero-order chi connectivity index (χ0) is 12.5. The lowest BCUT2D eigenvalue weighted by Crippen LogP contribution is -2.35. The molecule has 92 valence electrons. The van der Waals surface area contributed by atoms with Gasteiger partial charge in [-0.1, -0.05) is 18.2 Å². The number of carbonyl (C=O) groups is 1. The van der Waals surface area contributed by atoms with Crippen molar-refractivity contribution in [1.82, 2.24) is 0 Å². The lowest BCUT2D eigenvalue weighted by molar-refractivity contribution is 0.0958. The maximum absolute atomic E-state index is 12.4. The smallest absolute Gasteiger partial charge is 0.293 e. The van der Waals surface area contributed by atoms with Crippen LogP contribution in [0.25, 0.3) is 0 Å². The van der Waals surface area contributed by atoms with Crippen LogP contribution < -0.4 is 4.90 Å². The number of furan rings is 1. The Bertz CT molecular complexity index is 586. The van der Waals surface area contributed by atoms with E-state index < -0.39 is 0 Å². The molecule has 0 fully saturated rings. The number of fused-ring (bicyclic) bond motifs is 1. The van der Waals surface area contributed by atoms with E-state index in [0.29, 0.717) is 5.76 Å². The molecule has 0 aliphatic carbocycles. The molecule has 3 nitrogen and oxygen atoms in total. The maximum atomic E-state index is 12.4. The summed E-state index contributed by atoms with van der Waals surface area (Å²) in [5.74, 6) is 0.374. The van der Waals surface area contributed by atoms with Gasteiger partial charge in [-0.3, -0.25) is 4.79 Å². The highest BCUT2D eigenvalue weighted by Crippen LogP contribution is 2.28. The average molecular weight is 241 g/mol. The molecule has 2 aromatic rings. The third-order valence-electron chi connectivity index (χ3n) is 3.30. The topological polar surface area (TPSA) is 33.5 Å². The molecule has 0 spiro atoms. The molecule has 18 heavy (non-hydrogen) atoms. The number of hydrogen-bond acceptors (Lipinski definition) is 2. The van der Waals surface area contributed by atoms with Gasteiger partial charge >= 0.3 is 0 Å². The summed E-state index contributed by atoms with van der Waals surface area (Å²) in [6.45, 7) is 2.68. The maximum Gasteiger partial charge on any atom is 0.293 e. The standard InChI is InChI=1S/C15H15NO2/c1-11-9-14(18-10-11)15(17)16-8-4-6-12-5-2-3-7-13(12)16/h2-3,5,7,9-10H,4,6,8H2,1H3. The van der Waals surface area contributed by atoms with Gasteiger partial charge in [-0.05, 0) is 43.0 Å². The number of rotatable bonds is 1. The van der Waals surface area contributed by atoms with Crippen molar-refractivity contribution < 1.29 is 9.21 Å². The van der Waals surface area contributed by atoms with Crippen molar-refractivity contribution in [3.63, 3.8) is 0 Å². The number of nitrogens with zero attached hydrogens (tertiary/aromatic N) is 1. The van der Waals surface area contributed by atoms with E-state index >= 15 is 0 Å². The largest absolute Gasteiger partial charge is 0.459 e. The first-order valence-corrected chi connectivity index (χ1v) is 6.20. The van der Waals surface area contributed by atoms with Gasteiger partial charge in [0.1, 0.15) is 0 Å². The lowest BCUT2D eigenvalue weighted by Gasteiger charge is -2.28. The second kappa shape index (κ2) is 4.33. The van der Waals surface area contributed by atoms with Crippen molar-refractivity contribution in [3.05, 3.63) is 53.5 Å². The fourth-order valence-electron chi connectivity index (χ4n) is 2.42. The number of anilines is 1. The van der Waals surface area contributed by atoms with E-state index in [2.05, 4.69) is 6.07 Å². The van der Waals surface area contributed by atoms with Gasteiger partial charge in [-0.25, -0.2) is 0 Å². The van der Waals surface area contributed by atoms with Gasteiger partial charge in [0, 0.05) is 12.2 Å². The monoisotopic (exact) mass is 241 g/mol. The van der Waals surface area contributed by atoms with Crippen LogP contribution >= 0.6 is 0 Å². The molecule has 0 N–H and O–H groups in total. The molecule has 0 bridgehead atoms. The fraction of sp³-hybridized carbons (Fsp3) is 0.267. The first-order valence-electron chi connectivity index (χ1n) is 6.20. The Morgan fingerprint density at radius 2 is 2.17 bits per heavy atom. The van der Waals surface area contributed by atoms with Crippen LogP contribution in [0.1, 0.15) is 28.1 Å². The number of hydrogen-bond donors (Lipinski definition) is 0. The second-order valence-electron chi connectivity index (χ2n) is 4.68. The number of benzene rings is 1. The van der Waals surface area contributed by atoms with Crippen LogP contribution in [-0.2, 0) is 6.42 Å². The zero-order valence-corrected chi connectivity index (χ0v) is 10.3. The van der Waals surface area contributed by atoms with Gasteiger partial charge in [-0.15, -0.1) is 0 Å². The Kier molecular flexibility index (Phi) is 2.67. The van der Waals surface area contributed by atoms with E-state index in [1.54, 1.807) is 12.3 Å². The summed E-state index contributed by atoms with van der Waals surface area (Å²) in [5, 5.41) is 0. The summed E-state index contributed by atoms with van der Waals surface area (Å²) in [6, 6.07) is 9.87. The molecule has 0 unspecified atom stereocenters. The van der Waals surface area contributed by atoms with Crippen molar-refractivity contribution >= 4 is 11.6 Å². The zero-order valence-electron chi connectivity index (χ0n) is 10.3. The number of para-hydroxylation sites is 1. The molecule has 0 radical (unpaired) electrons. The Balaban J connectivity index is 1.96. The van der Waals surface area contributed by atoms with Crippen LogP contribution in [0.15, 0.2) is 41.0 Å². The molecular weight excluding hydrogens is 226 g/mol. The van der Waals surface area contributed by atoms with Crippen LogP contribution in [-0.4, -0.2) is 12.5 Å². The van der Waals surface area contributed by atoms with Crippen molar-refractivity contribution in [2.45, 2.75) is 19.8 Å². The van der Waals surface area contributed by atoms with Crippen LogP contribution in [0.2, 0.25) is 0 Å². The van der Waals surface area contributed by atoms with Gasteiger partial charge in [-0.2, -0.15) is 0 Å². The SMILES string of the molecule is Cc1coc(C(=O)N2CCCc3ccccc32)c1. The van der Waals surface area contributed by atoms with Crippen LogP contribution in [0.5, 0.6) is 0 Å². The van der Waals surface area contributed by atoms with Gasteiger partial charge in [0.25, 0.3) is 5.91 Å². The van der Waals surface area contributed by atoms with Gasteiger partial charge in [0.15, 0.2) is 5.76 Å². The normalized spacial score (nSPS) is 14.4. The van der Waals surface area contributed by atoms with Crippen LogP contribution in [0.3, 0.4) is 0 Å². The van der Waals surface area contributed by atoms with Gasteiger partial charge in [0.2, 0.25) is 0 Å². The molecule has 0 atom stereocenters. The first kappa shape index (κ1) is 11.1. The van der Waals surface area contributed by atoms with Crippen LogP contribution in [0, 0.1) is 6.92 Å². The van der Waals surface area contributed by atoms with Gasteiger partial charge < -0.3 is 9.32 Å². The van der Waals surface area contributed by atoms with Crippen molar-refractivity contribution in [1.29, 1.82) is 0 Å². The Morgan fingerprint density at radius 3 is 2.94 bits per heavy atom. The summed E-state index contributed by atoms with van der Waals surface area (Å²) >= 11 is 0. The highest BCUT2D eigenvalue weighted by atomic mass is 16.3. The molecule has 1 aliphatic heterocycles. The lowest BCUT2D eigenvalue weighted by atomic mass is 10.0. The molecule has 0 saturated heterocycles. The molecular formula is C15H15NO2. The molecule has 3 rings (SSSR count). The first-order chi connectivity index (χ1) is 8.75. The third-order valence-corrected chi connectivity index (χ3v) is 3.30. The van der Waals surface area contributed by atoms with E-state index in [1.165, 1.54) is 5.56 Å². The van der Waals surface area contributed by atoms with Crippen molar-refractivity contribution in [2.24, 2.45) is 0 Å². The van der Waals surface area contributed by atoms with Gasteiger partial charge in [0.05, 0.1) is 6.26 Å². The number of carbonyl (C=O) groups excluding carboxylic acids is 1. The molecule has 1 aliphatic rings. The second-order valence-corrected chi connectivity index (χ2v) is 4.68. The quantitative estimate of drug-likeness (QED) is 0.768. The Morgan fingerprint density at radius 1 is 1.33 bits per heavy atom. The summed E-state index contributed by atoms with van der Waals surface area (Å²) in [7, 11) is 0. The summed E-state index contributed by atoms with van der Waals surface area (Å²) in [6.07, 6.45) is 3.66. The minimum atomic E-state index is -0.0461. The number of amides is 1. The Labute approximate surface area is 106 Å². The molecule has 0 saturated carbocycles. The predicted molar refractivity (Wildman–Crippen MR) is 69.9 cm³/mol. The highest BCUT2D eigenvalue weighted by molar-refractivity contribution is 6.05. The van der Waals surface area contributed by atoms with E-state index in [0.717, 1.165) is 30.6 Å². The molecule has 1 aromatic heterocycles. The van der Waals surface area contributed by atoms with E-state index in [-0.39, 0.29) is 5.91 Å². The molecule has 1 amide bonds. The highest BCUT2D eigenvalue weighted by Gasteiger charge is 2.24. The van der Waals surface area contributed by atoms with E-state index in [9.17, 15) is 4.79 Å². The third kappa shape index (κ3) is 1.82. The predicted octanol–water partition coefficient (Wildman–Crippen LogP) is 3.18. The molecule has 2 heterocycles. The van der Waals surface area contributed by atoms with E-state index in [1.807, 2.05) is 30.0 Å². The minimum Gasteiger partial charge on any atom is -0.459 e. The van der Waals surface area contributed by atoms with Crippen molar-refractivity contribution in [3.8, 4) is 0 Å². The fourth-order valence-corrected chi connectivity index (χ4v) is 2.42. The summed E-state index contributed by atoms with van der Waals surface area (Å²) in [5.41, 5.74) is 3.23. The summed E-state index contributed by atoms with van der Waals surface area (Å²) < 4.78 is 5.30. The molecule has 1 aromatic carbocycles. The Hall–Kier alpha value is -2.03. The van der Waals surface area contributed by atoms with E-state index in [4.69, 9.17) is 4.42 Å². The number of aryl methyl sites for hydroxylation is 2.